The number of aryl methyl sites for hydroxylation is 1. The molecule has 3 nitrogen and oxygen atoms in total. The lowest BCUT2D eigenvalue weighted by atomic mass is 10.2. The van der Waals surface area contributed by atoms with Crippen molar-refractivity contribution in [2.24, 2.45) is 0 Å². The number of hydrogen-bond acceptors (Lipinski definition) is 2. The molecule has 0 spiro atoms. The van der Waals surface area contributed by atoms with Gasteiger partial charge in [-0.1, -0.05) is 17.7 Å². The fourth-order valence-corrected chi connectivity index (χ4v) is 2.51. The molecule has 0 bridgehead atoms. The predicted molar refractivity (Wildman–Crippen MR) is 78.3 cm³/mol. The highest BCUT2D eigenvalue weighted by atomic mass is 35.5. The third kappa shape index (κ3) is 2.15. The van der Waals surface area contributed by atoms with Crippen molar-refractivity contribution in [1.29, 1.82) is 0 Å². The van der Waals surface area contributed by atoms with Gasteiger partial charge in [-0.2, -0.15) is 0 Å². The summed E-state index contributed by atoms with van der Waals surface area (Å²) >= 11 is 11.7. The maximum Gasteiger partial charge on any atom is 0.165 e. The molecule has 0 fully saturated rings. The molecule has 102 valence electrons. The van der Waals surface area contributed by atoms with Crippen molar-refractivity contribution in [3.05, 3.63) is 53.3 Å². The Labute approximate surface area is 125 Å². The minimum absolute atomic E-state index is 0.0789. The van der Waals surface area contributed by atoms with Gasteiger partial charge in [0.25, 0.3) is 0 Å². The lowest BCUT2D eigenvalue weighted by Crippen LogP contribution is -2.04. The van der Waals surface area contributed by atoms with Crippen molar-refractivity contribution in [3.63, 3.8) is 0 Å². The van der Waals surface area contributed by atoms with Crippen molar-refractivity contribution in [2.45, 2.75) is 6.42 Å². The number of benzene rings is 1. The summed E-state index contributed by atoms with van der Waals surface area (Å²) in [5.41, 5.74) is 1.85. The van der Waals surface area contributed by atoms with Crippen LogP contribution in [-0.2, 0) is 6.42 Å². The molecule has 2 heterocycles. The monoisotopic (exact) mass is 309 g/mol. The minimum atomic E-state index is -0.471. The molecular weight excluding hydrogens is 300 g/mol. The van der Waals surface area contributed by atoms with E-state index < -0.39 is 5.82 Å². The summed E-state index contributed by atoms with van der Waals surface area (Å²) in [5.74, 6) is 0.615. The fourth-order valence-electron chi connectivity index (χ4n) is 2.17. The largest absolute Gasteiger partial charge is 0.293 e. The summed E-state index contributed by atoms with van der Waals surface area (Å²) in [7, 11) is 0. The highest BCUT2D eigenvalue weighted by Crippen LogP contribution is 2.26. The Kier molecular flexibility index (Phi) is 3.59. The van der Waals surface area contributed by atoms with E-state index in [1.807, 2.05) is 0 Å². The summed E-state index contributed by atoms with van der Waals surface area (Å²) in [6, 6.07) is 6.68. The fraction of sp³-hybridized carbons (Fsp3) is 0.143. The molecule has 3 aromatic rings. The van der Waals surface area contributed by atoms with E-state index in [1.54, 1.807) is 35.2 Å². The summed E-state index contributed by atoms with van der Waals surface area (Å²) in [4.78, 5) is 8.49. The van der Waals surface area contributed by atoms with Gasteiger partial charge in [-0.25, -0.2) is 9.37 Å². The molecule has 0 N–H and O–H groups in total. The van der Waals surface area contributed by atoms with Gasteiger partial charge >= 0.3 is 0 Å². The maximum absolute atomic E-state index is 14.3. The van der Waals surface area contributed by atoms with Crippen molar-refractivity contribution >= 4 is 34.2 Å². The standard InChI is InChI=1S/C14H10Cl2FN3/c15-6-4-13-19-10-8-18-7-5-11(10)20(13)12-3-1-2-9(16)14(12)17/h1-3,5,7-8H,4,6H2. The second kappa shape index (κ2) is 5.38. The van der Waals surface area contributed by atoms with E-state index >= 15 is 0 Å². The molecule has 0 radical (unpaired) electrons. The third-order valence-corrected chi connectivity index (χ3v) is 3.50. The first-order valence-corrected chi connectivity index (χ1v) is 6.95. The first kappa shape index (κ1) is 13.3. The summed E-state index contributed by atoms with van der Waals surface area (Å²) in [6.45, 7) is 0. The molecule has 0 aliphatic rings. The zero-order valence-electron chi connectivity index (χ0n) is 10.4. The molecule has 0 amide bonds. The van der Waals surface area contributed by atoms with Gasteiger partial charge in [0.2, 0.25) is 0 Å². The minimum Gasteiger partial charge on any atom is -0.293 e. The van der Waals surface area contributed by atoms with Crippen molar-refractivity contribution in [2.75, 3.05) is 5.88 Å². The van der Waals surface area contributed by atoms with E-state index in [0.717, 1.165) is 5.52 Å². The first-order chi connectivity index (χ1) is 9.72. The molecule has 0 atom stereocenters. The second-order valence-electron chi connectivity index (χ2n) is 4.24. The van der Waals surface area contributed by atoms with Crippen LogP contribution in [0.3, 0.4) is 0 Å². The van der Waals surface area contributed by atoms with Crippen LogP contribution in [0.2, 0.25) is 5.02 Å². The van der Waals surface area contributed by atoms with E-state index in [9.17, 15) is 4.39 Å². The van der Waals surface area contributed by atoms with Gasteiger partial charge in [-0.3, -0.25) is 9.55 Å². The Morgan fingerprint density at radius 3 is 2.90 bits per heavy atom. The average molecular weight is 310 g/mol. The normalized spacial score (nSPS) is 11.2. The average Bonchev–Trinajstić information content (AvgIpc) is 2.80. The summed E-state index contributed by atoms with van der Waals surface area (Å²) in [5, 5.41) is 0.0789. The van der Waals surface area contributed by atoms with Gasteiger partial charge < -0.3 is 0 Å². The molecule has 0 saturated heterocycles. The molecule has 6 heteroatoms. The number of nitrogens with zero attached hydrogens (tertiary/aromatic N) is 3. The van der Waals surface area contributed by atoms with E-state index in [0.29, 0.717) is 29.3 Å². The predicted octanol–water partition coefficient (Wildman–Crippen LogP) is 3.99. The molecule has 0 unspecified atom stereocenters. The van der Waals surface area contributed by atoms with E-state index in [1.165, 1.54) is 6.07 Å². The van der Waals surface area contributed by atoms with Gasteiger partial charge in [0, 0.05) is 18.5 Å². The van der Waals surface area contributed by atoms with Crippen LogP contribution in [0.4, 0.5) is 4.39 Å². The number of rotatable bonds is 3. The van der Waals surface area contributed by atoms with Crippen LogP contribution in [0, 0.1) is 5.82 Å². The Balaban J connectivity index is 2.33. The third-order valence-electron chi connectivity index (χ3n) is 3.02. The van der Waals surface area contributed by atoms with E-state index in [-0.39, 0.29) is 5.02 Å². The Bertz CT molecular complexity index is 770. The number of hydrogen-bond donors (Lipinski definition) is 0. The van der Waals surface area contributed by atoms with Crippen molar-refractivity contribution in [3.8, 4) is 5.69 Å². The number of alkyl halides is 1. The molecule has 0 saturated carbocycles. The van der Waals surface area contributed by atoms with Crippen LogP contribution in [-0.4, -0.2) is 20.4 Å². The van der Waals surface area contributed by atoms with Gasteiger partial charge in [0.05, 0.1) is 22.4 Å². The molecule has 20 heavy (non-hydrogen) atoms. The number of pyridine rings is 1. The van der Waals surface area contributed by atoms with Crippen LogP contribution in [0.1, 0.15) is 5.82 Å². The van der Waals surface area contributed by atoms with Crippen molar-refractivity contribution < 1.29 is 4.39 Å². The van der Waals surface area contributed by atoms with Crippen molar-refractivity contribution in [1.82, 2.24) is 14.5 Å². The Hall–Kier alpha value is -1.65. The number of imidazole rings is 1. The highest BCUT2D eigenvalue weighted by molar-refractivity contribution is 6.30. The number of aromatic nitrogens is 3. The SMILES string of the molecule is Fc1c(Cl)cccc1-n1c(CCCl)nc2cnccc21. The molecular formula is C14H10Cl2FN3. The smallest absolute Gasteiger partial charge is 0.165 e. The van der Waals surface area contributed by atoms with Gasteiger partial charge in [0.1, 0.15) is 11.3 Å². The zero-order valence-corrected chi connectivity index (χ0v) is 11.9. The quantitative estimate of drug-likeness (QED) is 0.685. The summed E-state index contributed by atoms with van der Waals surface area (Å²) < 4.78 is 16.0. The van der Waals surface area contributed by atoms with E-state index in [2.05, 4.69) is 9.97 Å². The van der Waals surface area contributed by atoms with E-state index in [4.69, 9.17) is 23.2 Å². The molecule has 0 aliphatic carbocycles. The topological polar surface area (TPSA) is 30.7 Å². The van der Waals surface area contributed by atoms with Crippen LogP contribution < -0.4 is 0 Å². The zero-order chi connectivity index (χ0) is 14.1. The van der Waals surface area contributed by atoms with Crippen LogP contribution in [0.15, 0.2) is 36.7 Å². The van der Waals surface area contributed by atoms with Crippen LogP contribution in [0.5, 0.6) is 0 Å². The van der Waals surface area contributed by atoms with Gasteiger partial charge in [0.15, 0.2) is 5.82 Å². The lowest BCUT2D eigenvalue weighted by Gasteiger charge is -2.10. The summed E-state index contributed by atoms with van der Waals surface area (Å²) in [6.07, 6.45) is 3.82. The number of halogens is 3. The molecule has 2 aromatic heterocycles. The molecule has 3 rings (SSSR count). The first-order valence-electron chi connectivity index (χ1n) is 6.04. The number of fused-ring (bicyclic) bond motifs is 1. The second-order valence-corrected chi connectivity index (χ2v) is 5.02. The lowest BCUT2D eigenvalue weighted by molar-refractivity contribution is 0.617. The van der Waals surface area contributed by atoms with Gasteiger partial charge in [-0.05, 0) is 18.2 Å². The van der Waals surface area contributed by atoms with Crippen LogP contribution >= 0.6 is 23.2 Å². The molecule has 1 aromatic carbocycles. The molecule has 0 aliphatic heterocycles. The Morgan fingerprint density at radius 1 is 1.25 bits per heavy atom. The van der Waals surface area contributed by atoms with Gasteiger partial charge in [-0.15, -0.1) is 11.6 Å². The highest BCUT2D eigenvalue weighted by Gasteiger charge is 2.16. The Morgan fingerprint density at radius 2 is 2.10 bits per heavy atom. The van der Waals surface area contributed by atoms with Crippen LogP contribution in [0.25, 0.3) is 16.7 Å². The maximum atomic E-state index is 14.3.